The third-order valence-electron chi connectivity index (χ3n) is 5.74. The smallest absolute Gasteiger partial charge is 0.326 e. The molecule has 0 saturated heterocycles. The fraction of sp³-hybridized carbons (Fsp3) is 0.111. The minimum absolute atomic E-state index is 0.121. The minimum Gasteiger partial charge on any atom is -0.497 e. The van der Waals surface area contributed by atoms with Crippen molar-refractivity contribution < 1.29 is 28.2 Å². The molecule has 1 heterocycles. The van der Waals surface area contributed by atoms with Crippen molar-refractivity contribution in [2.45, 2.75) is 12.5 Å². The maximum Gasteiger partial charge on any atom is 0.326 e. The number of pyridine rings is 1. The van der Waals surface area contributed by atoms with Crippen molar-refractivity contribution >= 4 is 40.1 Å². The molecule has 0 spiro atoms. The molecule has 1 amide bonds. The van der Waals surface area contributed by atoms with E-state index in [0.717, 1.165) is 12.1 Å². The van der Waals surface area contributed by atoms with E-state index in [1.54, 1.807) is 48.7 Å². The fourth-order valence-corrected chi connectivity index (χ4v) is 4.23. The van der Waals surface area contributed by atoms with Gasteiger partial charge in [0, 0.05) is 40.7 Å². The number of amides is 1. The van der Waals surface area contributed by atoms with Gasteiger partial charge in [0.15, 0.2) is 5.69 Å². The van der Waals surface area contributed by atoms with E-state index in [2.05, 4.69) is 15.1 Å². The Bertz CT molecular complexity index is 1560. The van der Waals surface area contributed by atoms with Crippen LogP contribution in [0.2, 0.25) is 5.02 Å². The summed E-state index contributed by atoms with van der Waals surface area (Å²) in [5, 5.41) is 12.9. The van der Waals surface area contributed by atoms with Crippen LogP contribution in [0.4, 0.5) is 14.5 Å². The second kappa shape index (κ2) is 10.6. The highest BCUT2D eigenvalue weighted by Crippen LogP contribution is 2.36. The molecule has 2 N–H and O–H groups in total. The van der Waals surface area contributed by atoms with Crippen molar-refractivity contribution in [1.29, 1.82) is 0 Å². The Morgan fingerprint density at radius 1 is 1.14 bits per heavy atom. The van der Waals surface area contributed by atoms with Gasteiger partial charge in [-0.15, -0.1) is 0 Å². The lowest BCUT2D eigenvalue weighted by atomic mass is 9.95. The third-order valence-corrected chi connectivity index (χ3v) is 6.05. The largest absolute Gasteiger partial charge is 0.497 e. The van der Waals surface area contributed by atoms with E-state index in [9.17, 15) is 23.5 Å². The van der Waals surface area contributed by atoms with Crippen LogP contribution in [-0.2, 0) is 11.2 Å². The third kappa shape index (κ3) is 5.20. The number of carboxylic acids is 1. The highest BCUT2D eigenvalue weighted by molar-refractivity contribution is 6.34. The lowest BCUT2D eigenvalue weighted by Gasteiger charge is -2.18. The maximum atomic E-state index is 14.4. The number of ether oxygens (including phenoxy) is 1. The number of aromatic nitrogens is 1. The van der Waals surface area contributed by atoms with E-state index < -0.39 is 35.1 Å². The predicted molar refractivity (Wildman–Crippen MR) is 134 cm³/mol. The quantitative estimate of drug-likeness (QED) is 0.299. The van der Waals surface area contributed by atoms with Gasteiger partial charge in [-0.1, -0.05) is 41.9 Å². The molecule has 1 atom stereocenters. The Labute approximate surface area is 215 Å². The predicted octanol–water partition coefficient (Wildman–Crippen LogP) is 5.82. The second-order valence-corrected chi connectivity index (χ2v) is 8.39. The van der Waals surface area contributed by atoms with Crippen LogP contribution in [0.1, 0.15) is 15.9 Å². The number of aliphatic carboxylic acids is 1. The molecule has 4 rings (SSSR count). The highest BCUT2D eigenvalue weighted by atomic mass is 35.5. The summed E-state index contributed by atoms with van der Waals surface area (Å²) >= 11 is 6.40. The summed E-state index contributed by atoms with van der Waals surface area (Å²) in [5.74, 6) is -5.08. The van der Waals surface area contributed by atoms with E-state index in [-0.39, 0.29) is 12.2 Å². The van der Waals surface area contributed by atoms with Crippen molar-refractivity contribution in [2.24, 2.45) is 0 Å². The molecule has 4 aromatic rings. The minimum atomic E-state index is -1.50. The maximum absolute atomic E-state index is 14.4. The first-order chi connectivity index (χ1) is 17.7. The van der Waals surface area contributed by atoms with Gasteiger partial charge >= 0.3 is 5.97 Å². The van der Waals surface area contributed by atoms with Crippen molar-refractivity contribution in [3.05, 3.63) is 100.0 Å². The van der Waals surface area contributed by atoms with Gasteiger partial charge < -0.3 is 15.2 Å². The SMILES string of the molecule is [C-]#[N+]c1ccc(-c2ccc(C[C@H](NC(=O)c3c(F)cc(OC)cc3F)C(=O)O)c3cccnc23)c(Cl)c1. The molecule has 186 valence electrons. The Kier molecular flexibility index (Phi) is 7.32. The van der Waals surface area contributed by atoms with E-state index in [1.165, 1.54) is 7.11 Å². The number of fused-ring (bicyclic) bond motifs is 1. The number of halogens is 3. The number of carboxylic acid groups (broad SMARTS) is 1. The first-order valence-electron chi connectivity index (χ1n) is 10.8. The summed E-state index contributed by atoms with van der Waals surface area (Å²) in [6.45, 7) is 7.15. The number of nitrogens with one attached hydrogen (secondary N) is 1. The fourth-order valence-electron chi connectivity index (χ4n) is 3.95. The van der Waals surface area contributed by atoms with Crippen LogP contribution in [0.3, 0.4) is 0 Å². The molecule has 0 unspecified atom stereocenters. The van der Waals surface area contributed by atoms with Crippen LogP contribution in [0, 0.1) is 18.2 Å². The lowest BCUT2D eigenvalue weighted by molar-refractivity contribution is -0.139. The van der Waals surface area contributed by atoms with Crippen LogP contribution < -0.4 is 10.1 Å². The number of methoxy groups -OCH3 is 1. The summed E-state index contributed by atoms with van der Waals surface area (Å²) in [7, 11) is 1.22. The van der Waals surface area contributed by atoms with Crippen molar-refractivity contribution in [3.63, 3.8) is 0 Å². The zero-order chi connectivity index (χ0) is 26.7. The summed E-state index contributed by atoms with van der Waals surface area (Å²) < 4.78 is 33.5. The summed E-state index contributed by atoms with van der Waals surface area (Å²) in [6, 6.07) is 11.9. The molecule has 0 fully saturated rings. The van der Waals surface area contributed by atoms with Crippen LogP contribution >= 0.6 is 11.6 Å². The molecule has 7 nitrogen and oxygen atoms in total. The summed E-state index contributed by atoms with van der Waals surface area (Å²) in [5.41, 5.74) is 1.83. The van der Waals surface area contributed by atoms with E-state index in [4.69, 9.17) is 22.9 Å². The Balaban J connectivity index is 1.69. The summed E-state index contributed by atoms with van der Waals surface area (Å²) in [6.07, 6.45) is 1.38. The lowest BCUT2D eigenvalue weighted by Crippen LogP contribution is -2.43. The van der Waals surface area contributed by atoms with Crippen LogP contribution in [0.15, 0.2) is 60.8 Å². The number of carbonyl (C=O) groups excluding carboxylic acids is 1. The van der Waals surface area contributed by atoms with Crippen molar-refractivity contribution in [1.82, 2.24) is 10.3 Å². The van der Waals surface area contributed by atoms with Gasteiger partial charge in [0.05, 0.1) is 19.2 Å². The standard InChI is InChI=1S/C27H18ClF2N3O4/c1-31-15-6-8-18(20(28)11-15)19-7-5-14(17-4-3-9-32-25(17)19)10-23(27(35)36)33-26(34)24-21(29)12-16(37-2)13-22(24)30/h3-9,11-13,23H,10H2,2H3,(H,33,34)(H,35,36)/t23-/m0/s1. The van der Waals surface area contributed by atoms with Gasteiger partial charge in [-0.25, -0.2) is 18.4 Å². The Hall–Kier alpha value is -4.55. The van der Waals surface area contributed by atoms with Gasteiger partial charge in [-0.05, 0) is 23.3 Å². The van der Waals surface area contributed by atoms with Crippen LogP contribution in [0.25, 0.3) is 26.9 Å². The second-order valence-electron chi connectivity index (χ2n) is 7.98. The zero-order valence-corrected chi connectivity index (χ0v) is 20.0. The monoisotopic (exact) mass is 521 g/mol. The Morgan fingerprint density at radius 3 is 2.46 bits per heavy atom. The topological polar surface area (TPSA) is 92.9 Å². The number of carbonyl (C=O) groups is 2. The highest BCUT2D eigenvalue weighted by Gasteiger charge is 2.26. The van der Waals surface area contributed by atoms with Crippen molar-refractivity contribution in [3.8, 4) is 16.9 Å². The number of hydrogen-bond donors (Lipinski definition) is 2. The van der Waals surface area contributed by atoms with Gasteiger partial charge in [0.25, 0.3) is 5.91 Å². The summed E-state index contributed by atoms with van der Waals surface area (Å²) in [4.78, 5) is 32.4. The van der Waals surface area contributed by atoms with Gasteiger partial charge in [-0.3, -0.25) is 9.78 Å². The molecule has 1 aromatic heterocycles. The normalized spacial score (nSPS) is 11.5. The molecular weight excluding hydrogens is 504 g/mol. The average molecular weight is 522 g/mol. The number of benzene rings is 3. The number of nitrogens with zero attached hydrogens (tertiary/aromatic N) is 2. The number of hydrogen-bond acceptors (Lipinski definition) is 4. The molecular formula is C27H18ClF2N3O4. The molecule has 10 heteroatoms. The van der Waals surface area contributed by atoms with Crippen LogP contribution in [0.5, 0.6) is 5.75 Å². The van der Waals surface area contributed by atoms with E-state index in [1.807, 2.05) is 0 Å². The molecule has 0 saturated carbocycles. The first-order valence-corrected chi connectivity index (χ1v) is 11.2. The molecule has 0 aliphatic rings. The molecule has 0 aliphatic heterocycles. The van der Waals surface area contributed by atoms with Crippen molar-refractivity contribution in [2.75, 3.05) is 7.11 Å². The average Bonchev–Trinajstić information content (AvgIpc) is 2.88. The molecule has 3 aromatic carbocycles. The van der Waals surface area contributed by atoms with Crippen LogP contribution in [-0.4, -0.2) is 35.1 Å². The van der Waals surface area contributed by atoms with Gasteiger partial charge in [0.2, 0.25) is 0 Å². The molecule has 0 bridgehead atoms. The van der Waals surface area contributed by atoms with E-state index >= 15 is 0 Å². The number of rotatable bonds is 7. The molecule has 0 aliphatic carbocycles. The zero-order valence-electron chi connectivity index (χ0n) is 19.3. The molecule has 0 radical (unpaired) electrons. The van der Waals surface area contributed by atoms with Gasteiger partial charge in [-0.2, -0.15) is 0 Å². The first kappa shape index (κ1) is 25.5. The Morgan fingerprint density at radius 2 is 1.84 bits per heavy atom. The molecule has 37 heavy (non-hydrogen) atoms. The van der Waals surface area contributed by atoms with E-state index in [0.29, 0.717) is 38.3 Å². The van der Waals surface area contributed by atoms with Gasteiger partial charge in [0.1, 0.15) is 29.0 Å².